The zero-order chi connectivity index (χ0) is 15.4. The van der Waals surface area contributed by atoms with E-state index in [1.807, 2.05) is 31.3 Å². The Morgan fingerprint density at radius 1 is 1.29 bits per heavy atom. The van der Waals surface area contributed by atoms with Crippen molar-refractivity contribution < 1.29 is 4.79 Å². The Kier molecular flexibility index (Phi) is 5.23. The highest BCUT2D eigenvalue weighted by molar-refractivity contribution is 5.94. The number of likely N-dealkylation sites (N-methyl/N-ethyl adjacent to an activating group) is 1. The van der Waals surface area contributed by atoms with Gasteiger partial charge < -0.3 is 10.2 Å². The average Bonchev–Trinajstić information content (AvgIpc) is 3.35. The molecule has 1 N–H and O–H groups in total. The van der Waals surface area contributed by atoms with Gasteiger partial charge in [-0.15, -0.1) is 0 Å². The fourth-order valence-corrected chi connectivity index (χ4v) is 2.38. The van der Waals surface area contributed by atoms with Crippen molar-refractivity contribution in [3.63, 3.8) is 0 Å². The average molecular weight is 289 g/mol. The van der Waals surface area contributed by atoms with E-state index in [4.69, 9.17) is 0 Å². The van der Waals surface area contributed by atoms with Crippen LogP contribution < -0.4 is 10.2 Å². The van der Waals surface area contributed by atoms with E-state index in [1.165, 1.54) is 12.8 Å². The Morgan fingerprint density at radius 3 is 2.43 bits per heavy atom. The van der Waals surface area contributed by atoms with Gasteiger partial charge in [0.05, 0.1) is 0 Å². The SMILES string of the molecule is CCN(C)c1ccc(C(=O)NCC(C)N(C)C2CC2)cc1. The number of hydrogen-bond donors (Lipinski definition) is 1. The van der Waals surface area contributed by atoms with E-state index in [9.17, 15) is 4.79 Å². The number of rotatable bonds is 7. The van der Waals surface area contributed by atoms with E-state index < -0.39 is 0 Å². The molecule has 116 valence electrons. The number of benzene rings is 1. The Hall–Kier alpha value is -1.55. The number of amides is 1. The van der Waals surface area contributed by atoms with Crippen molar-refractivity contribution in [3.8, 4) is 0 Å². The number of nitrogens with one attached hydrogen (secondary N) is 1. The second-order valence-corrected chi connectivity index (χ2v) is 6.02. The lowest BCUT2D eigenvalue weighted by Gasteiger charge is -2.24. The van der Waals surface area contributed by atoms with Gasteiger partial charge in [0.1, 0.15) is 0 Å². The molecule has 1 aromatic carbocycles. The zero-order valence-corrected chi connectivity index (χ0v) is 13.6. The van der Waals surface area contributed by atoms with Crippen molar-refractivity contribution >= 4 is 11.6 Å². The zero-order valence-electron chi connectivity index (χ0n) is 13.6. The molecule has 1 amide bonds. The van der Waals surface area contributed by atoms with E-state index in [1.54, 1.807) is 0 Å². The third kappa shape index (κ3) is 4.21. The third-order valence-electron chi connectivity index (χ3n) is 4.42. The third-order valence-corrected chi connectivity index (χ3v) is 4.42. The van der Waals surface area contributed by atoms with Gasteiger partial charge >= 0.3 is 0 Å². The largest absolute Gasteiger partial charge is 0.375 e. The van der Waals surface area contributed by atoms with Crippen LogP contribution in [-0.2, 0) is 0 Å². The number of carbonyl (C=O) groups is 1. The van der Waals surface area contributed by atoms with E-state index in [0.717, 1.165) is 23.8 Å². The second-order valence-electron chi connectivity index (χ2n) is 6.02. The van der Waals surface area contributed by atoms with Crippen LogP contribution in [0.25, 0.3) is 0 Å². The highest BCUT2D eigenvalue weighted by Crippen LogP contribution is 2.26. The van der Waals surface area contributed by atoms with Crippen LogP contribution in [-0.4, -0.2) is 50.1 Å². The first-order chi connectivity index (χ1) is 10.0. The molecule has 0 bridgehead atoms. The molecular formula is C17H27N3O. The molecule has 0 heterocycles. The standard InChI is InChI=1S/C17H27N3O/c1-5-19(3)15-8-6-14(7-9-15)17(21)18-12-13(2)20(4)16-10-11-16/h6-9,13,16H,5,10-12H2,1-4H3,(H,18,21). The topological polar surface area (TPSA) is 35.6 Å². The maximum atomic E-state index is 12.2. The minimum atomic E-state index is 0.0109. The number of carbonyl (C=O) groups excluding carboxylic acids is 1. The van der Waals surface area contributed by atoms with Crippen LogP contribution in [0.5, 0.6) is 0 Å². The second kappa shape index (κ2) is 6.94. The van der Waals surface area contributed by atoms with Gasteiger partial charge in [0.2, 0.25) is 0 Å². The number of hydrogen-bond acceptors (Lipinski definition) is 3. The van der Waals surface area contributed by atoms with Crippen LogP contribution in [0.1, 0.15) is 37.0 Å². The summed E-state index contributed by atoms with van der Waals surface area (Å²) in [7, 11) is 4.19. The molecular weight excluding hydrogens is 262 g/mol. The Bertz CT molecular complexity index is 467. The van der Waals surface area contributed by atoms with Gasteiger partial charge in [-0.25, -0.2) is 0 Å². The molecule has 0 saturated heterocycles. The molecule has 2 rings (SSSR count). The van der Waals surface area contributed by atoms with E-state index >= 15 is 0 Å². The normalized spacial score (nSPS) is 15.9. The van der Waals surface area contributed by atoms with Gasteiger partial charge in [-0.05, 0) is 58.0 Å². The first-order valence-electron chi connectivity index (χ1n) is 7.84. The quantitative estimate of drug-likeness (QED) is 0.837. The highest BCUT2D eigenvalue weighted by atomic mass is 16.1. The van der Waals surface area contributed by atoms with Crippen molar-refractivity contribution in [2.45, 2.75) is 38.8 Å². The summed E-state index contributed by atoms with van der Waals surface area (Å²) in [6.45, 7) is 5.93. The van der Waals surface area contributed by atoms with Crippen LogP contribution in [0.3, 0.4) is 0 Å². The fraction of sp³-hybridized carbons (Fsp3) is 0.588. The first kappa shape index (κ1) is 15.8. The van der Waals surface area contributed by atoms with Crippen LogP contribution >= 0.6 is 0 Å². The van der Waals surface area contributed by atoms with E-state index in [-0.39, 0.29) is 5.91 Å². The first-order valence-corrected chi connectivity index (χ1v) is 7.84. The molecule has 21 heavy (non-hydrogen) atoms. The number of anilines is 1. The van der Waals surface area contributed by atoms with Crippen LogP contribution in [0, 0.1) is 0 Å². The van der Waals surface area contributed by atoms with Gasteiger partial charge in [0.25, 0.3) is 5.91 Å². The minimum absolute atomic E-state index is 0.0109. The van der Waals surface area contributed by atoms with Gasteiger partial charge in [-0.2, -0.15) is 0 Å². The van der Waals surface area contributed by atoms with E-state index in [0.29, 0.717) is 12.6 Å². The molecule has 1 unspecified atom stereocenters. The number of nitrogens with zero attached hydrogens (tertiary/aromatic N) is 2. The molecule has 1 fully saturated rings. The summed E-state index contributed by atoms with van der Waals surface area (Å²) in [5.74, 6) is 0.0109. The fourth-order valence-electron chi connectivity index (χ4n) is 2.38. The molecule has 0 aromatic heterocycles. The monoisotopic (exact) mass is 289 g/mol. The Morgan fingerprint density at radius 2 is 1.90 bits per heavy atom. The summed E-state index contributed by atoms with van der Waals surface area (Å²) in [5, 5.41) is 3.03. The summed E-state index contributed by atoms with van der Waals surface area (Å²) >= 11 is 0. The van der Waals surface area contributed by atoms with Gasteiger partial charge in [-0.1, -0.05) is 0 Å². The molecule has 0 radical (unpaired) electrons. The Balaban J connectivity index is 1.85. The summed E-state index contributed by atoms with van der Waals surface area (Å²) in [6.07, 6.45) is 2.59. The Labute approximate surface area is 128 Å². The van der Waals surface area contributed by atoms with Crippen molar-refractivity contribution in [2.24, 2.45) is 0 Å². The van der Waals surface area contributed by atoms with Gasteiger partial charge in [0, 0.05) is 43.5 Å². The molecule has 1 saturated carbocycles. The molecule has 4 heteroatoms. The predicted octanol–water partition coefficient (Wildman–Crippen LogP) is 2.36. The highest BCUT2D eigenvalue weighted by Gasteiger charge is 2.29. The lowest BCUT2D eigenvalue weighted by atomic mass is 10.1. The van der Waals surface area contributed by atoms with Gasteiger partial charge in [-0.3, -0.25) is 9.69 Å². The lowest BCUT2D eigenvalue weighted by molar-refractivity contribution is 0.0939. The van der Waals surface area contributed by atoms with Crippen molar-refractivity contribution in [2.75, 3.05) is 32.1 Å². The maximum Gasteiger partial charge on any atom is 0.251 e. The molecule has 1 aromatic rings. The lowest BCUT2D eigenvalue weighted by Crippen LogP contribution is -2.41. The molecule has 1 aliphatic carbocycles. The molecule has 0 aliphatic heterocycles. The minimum Gasteiger partial charge on any atom is -0.375 e. The van der Waals surface area contributed by atoms with Crippen LogP contribution in [0.15, 0.2) is 24.3 Å². The van der Waals surface area contributed by atoms with E-state index in [2.05, 4.69) is 36.0 Å². The summed E-state index contributed by atoms with van der Waals surface area (Å²) in [6, 6.07) is 8.89. The molecule has 0 spiro atoms. The van der Waals surface area contributed by atoms with Crippen molar-refractivity contribution in [1.29, 1.82) is 0 Å². The molecule has 4 nitrogen and oxygen atoms in total. The smallest absolute Gasteiger partial charge is 0.251 e. The summed E-state index contributed by atoms with van der Waals surface area (Å²) in [4.78, 5) is 16.7. The van der Waals surface area contributed by atoms with Crippen LogP contribution in [0.4, 0.5) is 5.69 Å². The predicted molar refractivity (Wildman–Crippen MR) is 88.0 cm³/mol. The van der Waals surface area contributed by atoms with Crippen LogP contribution in [0.2, 0.25) is 0 Å². The van der Waals surface area contributed by atoms with Crippen molar-refractivity contribution in [3.05, 3.63) is 29.8 Å². The molecule has 1 aliphatic rings. The summed E-state index contributed by atoms with van der Waals surface area (Å²) in [5.41, 5.74) is 1.86. The maximum absolute atomic E-state index is 12.2. The molecule has 1 atom stereocenters. The van der Waals surface area contributed by atoms with Crippen molar-refractivity contribution in [1.82, 2.24) is 10.2 Å². The van der Waals surface area contributed by atoms with Gasteiger partial charge in [0.15, 0.2) is 0 Å². The summed E-state index contributed by atoms with van der Waals surface area (Å²) < 4.78 is 0.